The number of halogens is 1. The lowest BCUT2D eigenvalue weighted by Crippen LogP contribution is -2.73. The van der Waals surface area contributed by atoms with E-state index in [-0.39, 0.29) is 31.0 Å². The van der Waals surface area contributed by atoms with Gasteiger partial charge in [0.25, 0.3) is 0 Å². The summed E-state index contributed by atoms with van der Waals surface area (Å²) in [7, 11) is 0. The Balaban J connectivity index is 1.63. The standard InChI is InChI=1S/C20H23ClN2O6/c21-18(20(27)28)23-13(8-9-14(24)15-7-4-10-29-15)17(19(23)26)22-16(25)11-12-5-2-1-3-6-12/h1-3,5-6,13,15,17-18H,4,7-11H2,(H,22,25)(H,27,28)/t13-,15+,17+,18-/m1/s1. The van der Waals surface area contributed by atoms with Gasteiger partial charge in [0.05, 0.1) is 12.5 Å². The average molecular weight is 423 g/mol. The van der Waals surface area contributed by atoms with Gasteiger partial charge in [-0.3, -0.25) is 14.4 Å². The molecule has 2 saturated heterocycles. The maximum atomic E-state index is 12.5. The molecule has 0 unspecified atom stereocenters. The number of carbonyl (C=O) groups excluding carboxylic acids is 3. The van der Waals surface area contributed by atoms with E-state index in [1.54, 1.807) is 12.1 Å². The Bertz CT molecular complexity index is 780. The number of carboxylic acids is 1. The normalized spacial score (nSPS) is 24.7. The van der Waals surface area contributed by atoms with E-state index in [2.05, 4.69) is 5.32 Å². The minimum absolute atomic E-state index is 0.0855. The molecule has 0 saturated carbocycles. The Morgan fingerprint density at radius 2 is 2.00 bits per heavy atom. The molecule has 0 radical (unpaired) electrons. The minimum Gasteiger partial charge on any atom is -0.479 e. The number of ketones is 1. The first-order valence-electron chi connectivity index (χ1n) is 9.55. The Hall–Kier alpha value is -2.45. The Kier molecular flexibility index (Phi) is 6.87. The second-order valence-corrected chi connectivity index (χ2v) is 7.61. The molecule has 2 amide bonds. The van der Waals surface area contributed by atoms with E-state index in [9.17, 15) is 19.2 Å². The van der Waals surface area contributed by atoms with Crippen molar-refractivity contribution in [2.45, 2.75) is 55.8 Å². The molecule has 3 rings (SSSR count). The van der Waals surface area contributed by atoms with E-state index in [4.69, 9.17) is 21.4 Å². The highest BCUT2D eigenvalue weighted by atomic mass is 35.5. The first kappa shape index (κ1) is 21.3. The molecule has 0 bridgehead atoms. The number of Topliss-reactive ketones (excluding diaryl/α,β-unsaturated/α-hetero) is 1. The van der Waals surface area contributed by atoms with Crippen LogP contribution in [-0.2, 0) is 30.3 Å². The SMILES string of the molecule is O=C(Cc1ccccc1)N[C@@H]1C(=O)N([C@@H](Cl)C(=O)O)[C@@H]1CCC(=O)[C@@H]1CCCO1. The molecule has 9 heteroatoms. The predicted molar refractivity (Wildman–Crippen MR) is 103 cm³/mol. The van der Waals surface area contributed by atoms with Gasteiger partial charge in [0.1, 0.15) is 12.1 Å². The third-order valence-corrected chi connectivity index (χ3v) is 5.61. The fourth-order valence-corrected chi connectivity index (χ4v) is 3.96. The number of β-lactam (4-membered cyclic amide) rings is 1. The van der Waals surface area contributed by atoms with Crippen molar-refractivity contribution in [3.05, 3.63) is 35.9 Å². The largest absolute Gasteiger partial charge is 0.479 e. The van der Waals surface area contributed by atoms with Crippen LogP contribution in [-0.4, -0.2) is 63.9 Å². The summed E-state index contributed by atoms with van der Waals surface area (Å²) in [5.41, 5.74) is -0.757. The molecule has 0 aromatic heterocycles. The highest BCUT2D eigenvalue weighted by molar-refractivity contribution is 6.30. The number of alkyl halides is 1. The molecule has 2 heterocycles. The highest BCUT2D eigenvalue weighted by Gasteiger charge is 2.52. The summed E-state index contributed by atoms with van der Waals surface area (Å²) in [5.74, 6) is -2.36. The number of nitrogens with one attached hydrogen (secondary N) is 1. The number of hydrogen-bond acceptors (Lipinski definition) is 5. The lowest BCUT2D eigenvalue weighted by molar-refractivity contribution is -0.163. The lowest BCUT2D eigenvalue weighted by Gasteiger charge is -2.48. The van der Waals surface area contributed by atoms with Gasteiger partial charge in [-0.2, -0.15) is 0 Å². The molecule has 0 spiro atoms. The third kappa shape index (κ3) is 4.94. The molecular weight excluding hydrogens is 400 g/mol. The summed E-state index contributed by atoms with van der Waals surface area (Å²) in [6, 6.07) is 7.49. The Morgan fingerprint density at radius 1 is 1.28 bits per heavy atom. The molecule has 4 atom stereocenters. The molecule has 29 heavy (non-hydrogen) atoms. The van der Waals surface area contributed by atoms with E-state index < -0.39 is 35.6 Å². The summed E-state index contributed by atoms with van der Waals surface area (Å²) < 4.78 is 5.37. The fourth-order valence-electron chi connectivity index (χ4n) is 3.72. The maximum absolute atomic E-state index is 12.5. The number of amides is 2. The van der Waals surface area contributed by atoms with Crippen LogP contribution in [0.15, 0.2) is 30.3 Å². The van der Waals surface area contributed by atoms with Crippen molar-refractivity contribution in [1.29, 1.82) is 0 Å². The number of carboxylic acid groups (broad SMARTS) is 1. The van der Waals surface area contributed by atoms with Gasteiger partial charge in [-0.1, -0.05) is 41.9 Å². The highest BCUT2D eigenvalue weighted by Crippen LogP contribution is 2.29. The van der Waals surface area contributed by atoms with Crippen LogP contribution in [0.2, 0.25) is 0 Å². The number of rotatable bonds is 9. The summed E-state index contributed by atoms with van der Waals surface area (Å²) in [4.78, 5) is 49.3. The first-order chi connectivity index (χ1) is 13.9. The lowest BCUT2D eigenvalue weighted by atomic mass is 9.89. The van der Waals surface area contributed by atoms with Crippen LogP contribution in [0.1, 0.15) is 31.2 Å². The average Bonchev–Trinajstić information content (AvgIpc) is 3.24. The summed E-state index contributed by atoms with van der Waals surface area (Å²) in [6.07, 6.45) is 1.46. The fraction of sp³-hybridized carbons (Fsp3) is 0.500. The molecule has 2 aliphatic rings. The van der Waals surface area contributed by atoms with E-state index in [1.807, 2.05) is 18.2 Å². The zero-order chi connectivity index (χ0) is 21.0. The quantitative estimate of drug-likeness (QED) is 0.350. The number of nitrogens with zero attached hydrogens (tertiary/aromatic N) is 1. The van der Waals surface area contributed by atoms with Crippen molar-refractivity contribution >= 4 is 35.2 Å². The molecule has 1 aromatic rings. The van der Waals surface area contributed by atoms with Crippen LogP contribution in [0.3, 0.4) is 0 Å². The minimum atomic E-state index is -1.55. The third-order valence-electron chi connectivity index (χ3n) is 5.21. The van der Waals surface area contributed by atoms with Gasteiger partial charge in [0.15, 0.2) is 5.78 Å². The van der Waals surface area contributed by atoms with Crippen molar-refractivity contribution in [3.8, 4) is 0 Å². The van der Waals surface area contributed by atoms with Crippen LogP contribution < -0.4 is 5.32 Å². The van der Waals surface area contributed by atoms with Gasteiger partial charge in [-0.15, -0.1) is 0 Å². The number of benzene rings is 1. The molecule has 0 aliphatic carbocycles. The second kappa shape index (κ2) is 9.37. The molecule has 156 valence electrons. The van der Waals surface area contributed by atoms with Crippen molar-refractivity contribution < 1.29 is 29.0 Å². The van der Waals surface area contributed by atoms with Gasteiger partial charge >= 0.3 is 5.97 Å². The molecule has 1 aromatic carbocycles. The van der Waals surface area contributed by atoms with Crippen LogP contribution in [0.4, 0.5) is 0 Å². The van der Waals surface area contributed by atoms with E-state index in [0.717, 1.165) is 16.9 Å². The predicted octanol–water partition coefficient (Wildman–Crippen LogP) is 1.10. The van der Waals surface area contributed by atoms with Gasteiger partial charge in [0.2, 0.25) is 17.3 Å². The summed E-state index contributed by atoms with van der Waals surface area (Å²) in [5, 5.41) is 11.8. The van der Waals surface area contributed by atoms with Crippen LogP contribution >= 0.6 is 11.6 Å². The van der Waals surface area contributed by atoms with Gasteiger partial charge < -0.3 is 20.1 Å². The molecular formula is C20H23ClN2O6. The summed E-state index contributed by atoms with van der Waals surface area (Å²) >= 11 is 5.86. The zero-order valence-electron chi connectivity index (χ0n) is 15.8. The number of hydrogen-bond donors (Lipinski definition) is 2. The van der Waals surface area contributed by atoms with E-state index in [1.165, 1.54) is 0 Å². The van der Waals surface area contributed by atoms with Crippen molar-refractivity contribution in [3.63, 3.8) is 0 Å². The Morgan fingerprint density at radius 3 is 2.62 bits per heavy atom. The van der Waals surface area contributed by atoms with Crippen molar-refractivity contribution in [2.24, 2.45) is 0 Å². The number of carbonyl (C=O) groups is 4. The topological polar surface area (TPSA) is 113 Å². The number of likely N-dealkylation sites (tertiary alicyclic amines) is 1. The molecule has 8 nitrogen and oxygen atoms in total. The molecule has 2 fully saturated rings. The van der Waals surface area contributed by atoms with Gasteiger partial charge in [0, 0.05) is 13.0 Å². The summed E-state index contributed by atoms with van der Waals surface area (Å²) in [6.45, 7) is 0.547. The number of ether oxygens (including phenoxy) is 1. The first-order valence-corrected chi connectivity index (χ1v) is 9.99. The molecule has 2 aliphatic heterocycles. The monoisotopic (exact) mass is 422 g/mol. The van der Waals surface area contributed by atoms with E-state index in [0.29, 0.717) is 13.0 Å². The smallest absolute Gasteiger partial charge is 0.342 e. The van der Waals surface area contributed by atoms with Crippen LogP contribution in [0.25, 0.3) is 0 Å². The molecule has 2 N–H and O–H groups in total. The number of aliphatic carboxylic acids is 1. The maximum Gasteiger partial charge on any atom is 0.342 e. The van der Waals surface area contributed by atoms with Gasteiger partial charge in [-0.25, -0.2) is 4.79 Å². The van der Waals surface area contributed by atoms with Gasteiger partial charge in [-0.05, 0) is 24.8 Å². The van der Waals surface area contributed by atoms with Crippen molar-refractivity contribution in [2.75, 3.05) is 6.61 Å². The van der Waals surface area contributed by atoms with Crippen molar-refractivity contribution in [1.82, 2.24) is 10.2 Å². The second-order valence-electron chi connectivity index (χ2n) is 7.20. The van der Waals surface area contributed by atoms with E-state index >= 15 is 0 Å². The van der Waals surface area contributed by atoms with Crippen LogP contribution in [0.5, 0.6) is 0 Å². The van der Waals surface area contributed by atoms with Crippen LogP contribution in [0, 0.1) is 0 Å². The zero-order valence-corrected chi connectivity index (χ0v) is 16.5. The Labute approximate surface area is 173 Å².